The Morgan fingerprint density at radius 1 is 1.41 bits per heavy atom. The van der Waals surface area contributed by atoms with E-state index in [2.05, 4.69) is 15.3 Å². The Hall–Kier alpha value is -1.36. The van der Waals surface area contributed by atoms with Gasteiger partial charge in [-0.15, -0.1) is 0 Å². The molecule has 0 aliphatic heterocycles. The molecule has 17 heavy (non-hydrogen) atoms. The highest BCUT2D eigenvalue weighted by atomic mass is 16.5. The highest BCUT2D eigenvalue weighted by molar-refractivity contribution is 5.48. The second kappa shape index (κ2) is 6.39. The van der Waals surface area contributed by atoms with Gasteiger partial charge in [0.25, 0.3) is 0 Å². The molecule has 0 fully saturated rings. The first-order chi connectivity index (χ1) is 8.10. The quantitative estimate of drug-likeness (QED) is 0.789. The molecule has 0 bridgehead atoms. The van der Waals surface area contributed by atoms with Crippen LogP contribution in [0.25, 0.3) is 0 Å². The van der Waals surface area contributed by atoms with Crippen molar-refractivity contribution in [1.82, 2.24) is 9.97 Å². The molecule has 1 unspecified atom stereocenters. The third-order valence-corrected chi connectivity index (χ3v) is 2.64. The minimum absolute atomic E-state index is 0.0157. The normalized spacial score (nSPS) is 12.6. The molecule has 0 amide bonds. The number of ether oxygens (including phenoxy) is 1. The average Bonchev–Trinajstić information content (AvgIpc) is 2.30. The van der Waals surface area contributed by atoms with Gasteiger partial charge in [0.1, 0.15) is 12.1 Å². The first-order valence-electron chi connectivity index (χ1n) is 5.91. The second-order valence-corrected chi connectivity index (χ2v) is 4.26. The summed E-state index contributed by atoms with van der Waals surface area (Å²) >= 11 is 0. The fourth-order valence-corrected chi connectivity index (χ4v) is 1.46. The maximum Gasteiger partial charge on any atom is 0.221 e. The van der Waals surface area contributed by atoms with Gasteiger partial charge in [0.15, 0.2) is 0 Å². The van der Waals surface area contributed by atoms with E-state index in [0.717, 1.165) is 11.4 Å². The molecule has 0 saturated carbocycles. The van der Waals surface area contributed by atoms with E-state index in [1.165, 1.54) is 6.33 Å². The maximum atomic E-state index is 9.28. The zero-order chi connectivity index (χ0) is 12.8. The number of aliphatic hydroxyl groups is 1. The number of anilines is 1. The lowest BCUT2D eigenvalue weighted by Gasteiger charge is -2.21. The Kier molecular flexibility index (Phi) is 5.15. The van der Waals surface area contributed by atoms with Crippen LogP contribution in [-0.2, 0) is 0 Å². The third-order valence-electron chi connectivity index (χ3n) is 2.64. The molecular weight excluding hydrogens is 218 g/mol. The molecule has 1 aromatic heterocycles. The van der Waals surface area contributed by atoms with Gasteiger partial charge in [0.2, 0.25) is 5.88 Å². The summed E-state index contributed by atoms with van der Waals surface area (Å²) in [5, 5.41) is 12.5. The van der Waals surface area contributed by atoms with Crippen LogP contribution < -0.4 is 10.1 Å². The summed E-state index contributed by atoms with van der Waals surface area (Å²) in [6.45, 7) is 8.57. The largest absolute Gasteiger partial charge is 0.478 e. The van der Waals surface area contributed by atoms with Gasteiger partial charge >= 0.3 is 0 Å². The molecule has 0 spiro atoms. The molecule has 0 radical (unpaired) electrons. The number of aliphatic hydroxyl groups excluding tert-OH is 1. The van der Waals surface area contributed by atoms with E-state index >= 15 is 0 Å². The lowest BCUT2D eigenvalue weighted by atomic mass is 10.1. The lowest BCUT2D eigenvalue weighted by molar-refractivity contribution is 0.249. The van der Waals surface area contributed by atoms with E-state index in [-0.39, 0.29) is 12.6 Å². The van der Waals surface area contributed by atoms with Gasteiger partial charge < -0.3 is 15.2 Å². The third kappa shape index (κ3) is 3.56. The van der Waals surface area contributed by atoms with Crippen molar-refractivity contribution in [2.24, 2.45) is 5.92 Å². The van der Waals surface area contributed by atoms with Crippen LogP contribution in [0.3, 0.4) is 0 Å². The molecule has 1 heterocycles. The van der Waals surface area contributed by atoms with E-state index in [1.807, 2.05) is 27.7 Å². The number of aromatic nitrogens is 2. The molecular formula is C12H21N3O2. The molecule has 96 valence electrons. The number of hydrogen-bond donors (Lipinski definition) is 2. The van der Waals surface area contributed by atoms with Crippen LogP contribution >= 0.6 is 0 Å². The summed E-state index contributed by atoms with van der Waals surface area (Å²) in [6.07, 6.45) is 1.47. The molecule has 1 atom stereocenters. The van der Waals surface area contributed by atoms with E-state index in [9.17, 15) is 5.11 Å². The Morgan fingerprint density at radius 3 is 2.65 bits per heavy atom. The monoisotopic (exact) mass is 239 g/mol. The van der Waals surface area contributed by atoms with Gasteiger partial charge in [0, 0.05) is 0 Å². The summed E-state index contributed by atoms with van der Waals surface area (Å²) < 4.78 is 5.40. The summed E-state index contributed by atoms with van der Waals surface area (Å²) in [4.78, 5) is 8.25. The van der Waals surface area contributed by atoms with E-state index in [4.69, 9.17) is 4.74 Å². The Morgan fingerprint density at radius 2 is 2.12 bits per heavy atom. The minimum atomic E-state index is -0.0157. The summed E-state index contributed by atoms with van der Waals surface area (Å²) in [5.41, 5.74) is 0.869. The molecule has 0 aromatic carbocycles. The number of nitrogens with zero attached hydrogens (tertiary/aromatic N) is 2. The highest BCUT2D eigenvalue weighted by Gasteiger charge is 2.15. The summed E-state index contributed by atoms with van der Waals surface area (Å²) in [7, 11) is 0. The molecule has 0 saturated heterocycles. The number of rotatable bonds is 6. The zero-order valence-electron chi connectivity index (χ0n) is 10.9. The van der Waals surface area contributed by atoms with Crippen LogP contribution in [0.1, 0.15) is 26.3 Å². The minimum Gasteiger partial charge on any atom is -0.478 e. The van der Waals surface area contributed by atoms with Crippen LogP contribution in [0, 0.1) is 12.8 Å². The maximum absolute atomic E-state index is 9.28. The topological polar surface area (TPSA) is 67.3 Å². The molecule has 5 heteroatoms. The van der Waals surface area contributed by atoms with E-state index < -0.39 is 0 Å². The lowest BCUT2D eigenvalue weighted by Crippen LogP contribution is -2.30. The molecule has 5 nitrogen and oxygen atoms in total. The average molecular weight is 239 g/mol. The van der Waals surface area contributed by atoms with Crippen LogP contribution in [0.2, 0.25) is 0 Å². The van der Waals surface area contributed by atoms with Crippen LogP contribution in [-0.4, -0.2) is 34.3 Å². The van der Waals surface area contributed by atoms with Gasteiger partial charge in [-0.2, -0.15) is 0 Å². The SMILES string of the molecule is CCOc1ncnc(NC(CO)C(C)C)c1C. The van der Waals surface area contributed by atoms with Gasteiger partial charge in [-0.1, -0.05) is 13.8 Å². The van der Waals surface area contributed by atoms with Crippen molar-refractivity contribution in [3.63, 3.8) is 0 Å². The zero-order valence-corrected chi connectivity index (χ0v) is 10.9. The van der Waals surface area contributed by atoms with Crippen molar-refractivity contribution in [3.8, 4) is 5.88 Å². The van der Waals surface area contributed by atoms with Gasteiger partial charge in [0.05, 0.1) is 24.8 Å². The number of hydrogen-bond acceptors (Lipinski definition) is 5. The van der Waals surface area contributed by atoms with Crippen molar-refractivity contribution in [3.05, 3.63) is 11.9 Å². The van der Waals surface area contributed by atoms with Gasteiger partial charge in [-0.05, 0) is 19.8 Å². The van der Waals surface area contributed by atoms with Crippen LogP contribution in [0.4, 0.5) is 5.82 Å². The smallest absolute Gasteiger partial charge is 0.221 e. The van der Waals surface area contributed by atoms with Crippen LogP contribution in [0.5, 0.6) is 5.88 Å². The predicted molar refractivity (Wildman–Crippen MR) is 67.3 cm³/mol. The standard InChI is InChI=1S/C12H21N3O2/c1-5-17-12-9(4)11(13-7-14-12)15-10(6-16)8(2)3/h7-8,10,16H,5-6H2,1-4H3,(H,13,14,15). The first-order valence-corrected chi connectivity index (χ1v) is 5.91. The second-order valence-electron chi connectivity index (χ2n) is 4.26. The fraction of sp³-hybridized carbons (Fsp3) is 0.667. The van der Waals surface area contributed by atoms with E-state index in [0.29, 0.717) is 18.4 Å². The van der Waals surface area contributed by atoms with E-state index in [1.54, 1.807) is 0 Å². The number of nitrogens with one attached hydrogen (secondary N) is 1. The van der Waals surface area contributed by atoms with Gasteiger partial charge in [-0.25, -0.2) is 9.97 Å². The molecule has 1 rings (SSSR count). The predicted octanol–water partition coefficient (Wildman–Crippen LogP) is 1.61. The van der Waals surface area contributed by atoms with Crippen molar-refractivity contribution >= 4 is 5.82 Å². The van der Waals surface area contributed by atoms with Crippen LogP contribution in [0.15, 0.2) is 6.33 Å². The molecule has 0 aliphatic rings. The fourth-order valence-electron chi connectivity index (χ4n) is 1.46. The summed E-state index contributed by atoms with van der Waals surface area (Å²) in [5.74, 6) is 1.63. The Bertz CT molecular complexity index is 356. The highest BCUT2D eigenvalue weighted by Crippen LogP contribution is 2.21. The van der Waals surface area contributed by atoms with Crippen molar-refractivity contribution < 1.29 is 9.84 Å². The first kappa shape index (κ1) is 13.7. The van der Waals surface area contributed by atoms with Gasteiger partial charge in [-0.3, -0.25) is 0 Å². The Labute approximate surface area is 102 Å². The van der Waals surface area contributed by atoms with Crippen molar-refractivity contribution in [2.75, 3.05) is 18.5 Å². The Balaban J connectivity index is 2.87. The molecule has 1 aromatic rings. The molecule has 2 N–H and O–H groups in total. The molecule has 0 aliphatic carbocycles. The van der Waals surface area contributed by atoms with Crippen molar-refractivity contribution in [1.29, 1.82) is 0 Å². The summed E-state index contributed by atoms with van der Waals surface area (Å²) in [6, 6.07) is -0.0157. The van der Waals surface area contributed by atoms with Crippen molar-refractivity contribution in [2.45, 2.75) is 33.7 Å².